The SMILES string of the molecule is Cc1nn(C)c(C)c1C(C)c1nc(-c2ccncc2)no1. The van der Waals surface area contributed by atoms with Crippen molar-refractivity contribution in [3.05, 3.63) is 47.4 Å². The molecule has 1 atom stereocenters. The molecule has 0 spiro atoms. The zero-order valence-corrected chi connectivity index (χ0v) is 12.5. The third kappa shape index (κ3) is 2.33. The van der Waals surface area contributed by atoms with E-state index in [-0.39, 0.29) is 5.92 Å². The summed E-state index contributed by atoms with van der Waals surface area (Å²) in [5, 5.41) is 8.50. The van der Waals surface area contributed by atoms with Crippen molar-refractivity contribution in [3.8, 4) is 11.4 Å². The molecule has 0 aliphatic rings. The summed E-state index contributed by atoms with van der Waals surface area (Å²) < 4.78 is 7.31. The first-order valence-electron chi connectivity index (χ1n) is 6.82. The topological polar surface area (TPSA) is 69.6 Å². The highest BCUT2D eigenvalue weighted by Gasteiger charge is 2.23. The molecule has 1 unspecified atom stereocenters. The van der Waals surface area contributed by atoms with Crippen molar-refractivity contribution in [2.75, 3.05) is 0 Å². The van der Waals surface area contributed by atoms with Gasteiger partial charge in [-0.15, -0.1) is 0 Å². The molecule has 0 saturated heterocycles. The summed E-state index contributed by atoms with van der Waals surface area (Å²) in [5.41, 5.74) is 4.14. The van der Waals surface area contributed by atoms with Crippen LogP contribution in [-0.2, 0) is 7.05 Å². The van der Waals surface area contributed by atoms with Crippen molar-refractivity contribution in [1.82, 2.24) is 24.9 Å². The van der Waals surface area contributed by atoms with Crippen LogP contribution in [0.4, 0.5) is 0 Å². The van der Waals surface area contributed by atoms with Crippen LogP contribution in [0, 0.1) is 13.8 Å². The van der Waals surface area contributed by atoms with E-state index < -0.39 is 0 Å². The standard InChI is InChI=1S/C15H17N5O/c1-9(13-10(2)18-20(4)11(13)3)15-17-14(19-21-15)12-5-7-16-8-6-12/h5-9H,1-4H3. The van der Waals surface area contributed by atoms with Gasteiger partial charge in [0.05, 0.1) is 11.6 Å². The van der Waals surface area contributed by atoms with Crippen molar-refractivity contribution < 1.29 is 4.52 Å². The van der Waals surface area contributed by atoms with Gasteiger partial charge in [0.2, 0.25) is 11.7 Å². The zero-order valence-electron chi connectivity index (χ0n) is 12.5. The lowest BCUT2D eigenvalue weighted by Gasteiger charge is -2.07. The summed E-state index contributed by atoms with van der Waals surface area (Å²) in [6, 6.07) is 3.72. The van der Waals surface area contributed by atoms with Gasteiger partial charge in [-0.3, -0.25) is 9.67 Å². The molecule has 0 aromatic carbocycles. The molecule has 0 radical (unpaired) electrons. The van der Waals surface area contributed by atoms with Crippen LogP contribution in [0.15, 0.2) is 29.0 Å². The molecule has 3 heterocycles. The van der Waals surface area contributed by atoms with Crippen molar-refractivity contribution in [1.29, 1.82) is 0 Å². The fraction of sp³-hybridized carbons (Fsp3) is 0.333. The van der Waals surface area contributed by atoms with Crippen LogP contribution < -0.4 is 0 Å². The summed E-state index contributed by atoms with van der Waals surface area (Å²) in [6.07, 6.45) is 3.43. The lowest BCUT2D eigenvalue weighted by Crippen LogP contribution is -2.00. The smallest absolute Gasteiger partial charge is 0.234 e. The third-order valence-electron chi connectivity index (χ3n) is 3.75. The summed E-state index contributed by atoms with van der Waals surface area (Å²) in [4.78, 5) is 8.49. The predicted molar refractivity (Wildman–Crippen MR) is 77.7 cm³/mol. The Kier molecular flexibility index (Phi) is 3.29. The van der Waals surface area contributed by atoms with E-state index in [1.54, 1.807) is 12.4 Å². The Balaban J connectivity index is 1.96. The van der Waals surface area contributed by atoms with Gasteiger partial charge >= 0.3 is 0 Å². The van der Waals surface area contributed by atoms with Crippen LogP contribution in [0.2, 0.25) is 0 Å². The van der Waals surface area contributed by atoms with Gasteiger partial charge in [-0.05, 0) is 32.9 Å². The summed E-state index contributed by atoms with van der Waals surface area (Å²) in [6.45, 7) is 6.10. The monoisotopic (exact) mass is 283 g/mol. The highest BCUT2D eigenvalue weighted by atomic mass is 16.5. The van der Waals surface area contributed by atoms with Gasteiger partial charge in [-0.1, -0.05) is 5.16 Å². The largest absolute Gasteiger partial charge is 0.338 e. The van der Waals surface area contributed by atoms with E-state index in [0.717, 1.165) is 22.5 Å². The van der Waals surface area contributed by atoms with E-state index in [4.69, 9.17) is 4.52 Å². The van der Waals surface area contributed by atoms with Crippen molar-refractivity contribution >= 4 is 0 Å². The molecule has 0 aliphatic carbocycles. The minimum atomic E-state index is 0.0155. The molecule has 3 aromatic rings. The average molecular weight is 283 g/mol. The molecule has 0 aliphatic heterocycles. The number of aromatic nitrogens is 5. The molecule has 0 fully saturated rings. The highest BCUT2D eigenvalue weighted by molar-refractivity contribution is 5.52. The number of aryl methyl sites for hydroxylation is 2. The molecule has 3 rings (SSSR count). The zero-order chi connectivity index (χ0) is 15.0. The molecule has 0 N–H and O–H groups in total. The second-order valence-electron chi connectivity index (χ2n) is 5.12. The molecular formula is C15H17N5O. The van der Waals surface area contributed by atoms with E-state index in [1.807, 2.05) is 37.7 Å². The number of rotatable bonds is 3. The van der Waals surface area contributed by atoms with Crippen LogP contribution in [0.1, 0.15) is 35.7 Å². The normalized spacial score (nSPS) is 12.6. The minimum absolute atomic E-state index is 0.0155. The van der Waals surface area contributed by atoms with Crippen LogP contribution in [0.25, 0.3) is 11.4 Å². The molecule has 6 nitrogen and oxygen atoms in total. The number of nitrogens with zero attached hydrogens (tertiary/aromatic N) is 5. The Morgan fingerprint density at radius 3 is 2.52 bits per heavy atom. The Labute approximate surface area is 122 Å². The first kappa shape index (κ1) is 13.5. The van der Waals surface area contributed by atoms with E-state index in [1.165, 1.54) is 0 Å². The van der Waals surface area contributed by atoms with Crippen molar-refractivity contribution in [3.63, 3.8) is 0 Å². The Morgan fingerprint density at radius 1 is 1.19 bits per heavy atom. The van der Waals surface area contributed by atoms with Crippen LogP contribution >= 0.6 is 0 Å². The van der Waals surface area contributed by atoms with Gasteiger partial charge in [0, 0.05) is 36.3 Å². The first-order valence-corrected chi connectivity index (χ1v) is 6.82. The maximum absolute atomic E-state index is 5.44. The molecule has 3 aromatic heterocycles. The average Bonchev–Trinajstić information content (AvgIpc) is 3.06. The molecule has 21 heavy (non-hydrogen) atoms. The van der Waals surface area contributed by atoms with E-state index in [0.29, 0.717) is 11.7 Å². The lowest BCUT2D eigenvalue weighted by molar-refractivity contribution is 0.370. The molecule has 0 amide bonds. The van der Waals surface area contributed by atoms with E-state index in [9.17, 15) is 0 Å². The van der Waals surface area contributed by atoms with Crippen LogP contribution in [0.5, 0.6) is 0 Å². The highest BCUT2D eigenvalue weighted by Crippen LogP contribution is 2.29. The summed E-state index contributed by atoms with van der Waals surface area (Å²) in [7, 11) is 1.94. The van der Waals surface area contributed by atoms with Crippen LogP contribution in [0.3, 0.4) is 0 Å². The minimum Gasteiger partial charge on any atom is -0.338 e. The molecule has 0 saturated carbocycles. The Bertz CT molecular complexity index is 760. The van der Waals surface area contributed by atoms with Gasteiger partial charge in [0.1, 0.15) is 0 Å². The molecular weight excluding hydrogens is 266 g/mol. The van der Waals surface area contributed by atoms with Gasteiger partial charge < -0.3 is 4.52 Å². The van der Waals surface area contributed by atoms with Crippen LogP contribution in [-0.4, -0.2) is 24.9 Å². The van der Waals surface area contributed by atoms with Crippen molar-refractivity contribution in [2.24, 2.45) is 7.05 Å². The summed E-state index contributed by atoms with van der Waals surface area (Å²) in [5.74, 6) is 1.20. The summed E-state index contributed by atoms with van der Waals surface area (Å²) >= 11 is 0. The molecule has 108 valence electrons. The van der Waals surface area contributed by atoms with Gasteiger partial charge in [0.25, 0.3) is 0 Å². The van der Waals surface area contributed by atoms with Gasteiger partial charge in [-0.25, -0.2) is 0 Å². The maximum atomic E-state index is 5.44. The van der Waals surface area contributed by atoms with E-state index >= 15 is 0 Å². The predicted octanol–water partition coefficient (Wildman–Crippen LogP) is 2.63. The second-order valence-corrected chi connectivity index (χ2v) is 5.12. The van der Waals surface area contributed by atoms with Gasteiger partial charge in [-0.2, -0.15) is 10.1 Å². The maximum Gasteiger partial charge on any atom is 0.234 e. The fourth-order valence-corrected chi connectivity index (χ4v) is 2.57. The molecule has 0 bridgehead atoms. The van der Waals surface area contributed by atoms with E-state index in [2.05, 4.69) is 27.1 Å². The second kappa shape index (κ2) is 5.12. The Hall–Kier alpha value is -2.50. The number of hydrogen-bond donors (Lipinski definition) is 0. The quantitative estimate of drug-likeness (QED) is 0.739. The Morgan fingerprint density at radius 2 is 1.90 bits per heavy atom. The molecule has 6 heteroatoms. The number of hydrogen-bond acceptors (Lipinski definition) is 5. The first-order chi connectivity index (χ1) is 10.1. The van der Waals surface area contributed by atoms with Gasteiger partial charge in [0.15, 0.2) is 0 Å². The lowest BCUT2D eigenvalue weighted by atomic mass is 9.99. The number of pyridine rings is 1. The fourth-order valence-electron chi connectivity index (χ4n) is 2.57. The third-order valence-corrected chi connectivity index (χ3v) is 3.75. The van der Waals surface area contributed by atoms with Crippen molar-refractivity contribution in [2.45, 2.75) is 26.7 Å².